The van der Waals surface area contributed by atoms with Crippen molar-refractivity contribution in [1.29, 1.82) is 0 Å². The van der Waals surface area contributed by atoms with Crippen molar-refractivity contribution in [1.82, 2.24) is 0 Å². The highest BCUT2D eigenvalue weighted by Gasteiger charge is 2.11. The van der Waals surface area contributed by atoms with Crippen molar-refractivity contribution < 1.29 is 13.2 Å². The quantitative estimate of drug-likeness (QED) is 0.786. The van der Waals surface area contributed by atoms with E-state index < -0.39 is 15.7 Å². The maximum absolute atomic E-state index is 11.7. The van der Waals surface area contributed by atoms with Crippen LogP contribution >= 0.6 is 11.6 Å². The zero-order chi connectivity index (χ0) is 14.5. The van der Waals surface area contributed by atoms with E-state index in [0.717, 1.165) is 11.5 Å². The molecule has 0 saturated carbocycles. The highest BCUT2D eigenvalue weighted by Crippen LogP contribution is 2.20. The Morgan fingerprint density at radius 2 is 2.16 bits per heavy atom. The number of benzene rings is 1. The van der Waals surface area contributed by atoms with Crippen LogP contribution in [0.25, 0.3) is 0 Å². The van der Waals surface area contributed by atoms with Gasteiger partial charge in [-0.3, -0.25) is 9.69 Å². The Kier molecular flexibility index (Phi) is 5.32. The minimum absolute atomic E-state index is 0.0326. The van der Waals surface area contributed by atoms with Crippen molar-refractivity contribution in [3.05, 3.63) is 53.6 Å². The lowest BCUT2D eigenvalue weighted by atomic mass is 10.3. The molecule has 0 unspecified atom stereocenters. The molecule has 0 spiro atoms. The molecule has 1 aromatic rings. The van der Waals surface area contributed by atoms with Crippen LogP contribution in [-0.4, -0.2) is 20.1 Å². The molecule has 1 aromatic carbocycles. The fourth-order valence-electron chi connectivity index (χ4n) is 1.26. The smallest absolute Gasteiger partial charge is 0.254 e. The minimum atomic E-state index is -3.32. The molecule has 0 aromatic heterocycles. The van der Waals surface area contributed by atoms with Gasteiger partial charge in [-0.25, -0.2) is 8.42 Å². The van der Waals surface area contributed by atoms with E-state index in [1.165, 1.54) is 18.0 Å². The number of carbonyl (C=O) groups is 1. The van der Waals surface area contributed by atoms with Gasteiger partial charge < -0.3 is 0 Å². The number of rotatable bonds is 5. The normalized spacial score (nSPS) is 11.5. The first-order valence-corrected chi connectivity index (χ1v) is 7.61. The second-order valence-corrected chi connectivity index (χ2v) is 6.24. The van der Waals surface area contributed by atoms with Gasteiger partial charge in [-0.15, -0.1) is 0 Å². The van der Waals surface area contributed by atoms with Crippen LogP contribution in [0.3, 0.4) is 0 Å². The molecule has 4 nitrogen and oxygen atoms in total. The standard InChI is InChI=1S/C13H14ClNO3S/c1-3-13(16)15(8-9-19(17,18)4-2)12-7-5-6-11(14)10-12/h3,5-10H,1,4H2,2H3. The van der Waals surface area contributed by atoms with E-state index in [9.17, 15) is 13.2 Å². The summed E-state index contributed by atoms with van der Waals surface area (Å²) in [7, 11) is -3.32. The summed E-state index contributed by atoms with van der Waals surface area (Å²) in [6.45, 7) is 4.91. The Morgan fingerprint density at radius 1 is 1.47 bits per heavy atom. The average molecular weight is 300 g/mol. The summed E-state index contributed by atoms with van der Waals surface area (Å²) in [5.41, 5.74) is 0.472. The summed E-state index contributed by atoms with van der Waals surface area (Å²) in [6, 6.07) is 6.54. The van der Waals surface area contributed by atoms with E-state index >= 15 is 0 Å². The first-order valence-electron chi connectivity index (χ1n) is 5.51. The number of hydrogen-bond donors (Lipinski definition) is 0. The third-order valence-corrected chi connectivity index (χ3v) is 3.89. The van der Waals surface area contributed by atoms with Gasteiger partial charge in [0, 0.05) is 16.6 Å². The third kappa shape index (κ3) is 4.54. The van der Waals surface area contributed by atoms with Crippen LogP contribution in [0.5, 0.6) is 0 Å². The van der Waals surface area contributed by atoms with Crippen LogP contribution in [-0.2, 0) is 14.6 Å². The zero-order valence-corrected chi connectivity index (χ0v) is 12.0. The van der Waals surface area contributed by atoms with Gasteiger partial charge in [0.05, 0.1) is 11.4 Å². The topological polar surface area (TPSA) is 54.5 Å². The Labute approximate surface area is 117 Å². The summed E-state index contributed by atoms with van der Waals surface area (Å²) >= 11 is 5.85. The number of halogens is 1. The summed E-state index contributed by atoms with van der Waals surface area (Å²) in [5, 5.41) is 1.45. The van der Waals surface area contributed by atoms with E-state index in [-0.39, 0.29) is 5.75 Å². The second kappa shape index (κ2) is 6.54. The van der Waals surface area contributed by atoms with E-state index in [1.54, 1.807) is 24.3 Å². The Bertz CT molecular complexity index is 608. The molecule has 19 heavy (non-hydrogen) atoms. The highest BCUT2D eigenvalue weighted by atomic mass is 35.5. The minimum Gasteiger partial charge on any atom is -0.284 e. The van der Waals surface area contributed by atoms with Crippen molar-refractivity contribution in [3.8, 4) is 0 Å². The molecule has 0 N–H and O–H groups in total. The van der Waals surface area contributed by atoms with Gasteiger partial charge >= 0.3 is 0 Å². The summed E-state index contributed by atoms with van der Waals surface area (Å²) < 4.78 is 22.9. The SMILES string of the molecule is C=CC(=O)N(C=CS(=O)(=O)CC)c1cccc(Cl)c1. The second-order valence-electron chi connectivity index (χ2n) is 3.63. The molecule has 0 aliphatic heterocycles. The number of nitrogens with zero attached hydrogens (tertiary/aromatic N) is 1. The summed E-state index contributed by atoms with van der Waals surface area (Å²) in [6.07, 6.45) is 2.30. The molecule has 0 atom stereocenters. The molecule has 1 rings (SSSR count). The molecular formula is C13H14ClNO3S. The van der Waals surface area contributed by atoms with E-state index in [4.69, 9.17) is 11.6 Å². The third-order valence-electron chi connectivity index (χ3n) is 2.32. The average Bonchev–Trinajstić information content (AvgIpc) is 2.38. The van der Waals surface area contributed by atoms with Crippen LogP contribution in [0, 0.1) is 0 Å². The predicted molar refractivity (Wildman–Crippen MR) is 77.7 cm³/mol. The lowest BCUT2D eigenvalue weighted by Gasteiger charge is -2.16. The lowest BCUT2D eigenvalue weighted by Crippen LogP contribution is -2.23. The molecule has 0 bridgehead atoms. The number of hydrogen-bond acceptors (Lipinski definition) is 3. The van der Waals surface area contributed by atoms with Crippen LogP contribution in [0.2, 0.25) is 5.02 Å². The molecule has 102 valence electrons. The van der Waals surface area contributed by atoms with E-state index in [0.29, 0.717) is 10.7 Å². The maximum atomic E-state index is 11.7. The largest absolute Gasteiger partial charge is 0.284 e. The molecule has 1 amide bonds. The highest BCUT2D eigenvalue weighted by molar-refractivity contribution is 7.94. The van der Waals surface area contributed by atoms with Gasteiger partial charge in [0.15, 0.2) is 9.84 Å². The van der Waals surface area contributed by atoms with Crippen LogP contribution in [0.1, 0.15) is 6.92 Å². The van der Waals surface area contributed by atoms with Crippen molar-refractivity contribution in [2.45, 2.75) is 6.92 Å². The molecule has 0 heterocycles. The van der Waals surface area contributed by atoms with Crippen molar-refractivity contribution in [2.75, 3.05) is 10.7 Å². The van der Waals surface area contributed by atoms with Gasteiger partial charge in [0.25, 0.3) is 5.91 Å². The van der Waals surface area contributed by atoms with Crippen LogP contribution in [0.4, 0.5) is 5.69 Å². The summed E-state index contributed by atoms with van der Waals surface area (Å²) in [5.74, 6) is -0.473. The fourth-order valence-corrected chi connectivity index (χ4v) is 1.95. The Morgan fingerprint density at radius 3 is 2.68 bits per heavy atom. The van der Waals surface area contributed by atoms with Gasteiger partial charge in [0.1, 0.15) is 0 Å². The van der Waals surface area contributed by atoms with E-state index in [1.807, 2.05) is 0 Å². The van der Waals surface area contributed by atoms with Crippen LogP contribution < -0.4 is 4.90 Å². The zero-order valence-electron chi connectivity index (χ0n) is 10.4. The predicted octanol–water partition coefficient (Wildman–Crippen LogP) is 2.76. The monoisotopic (exact) mass is 299 g/mol. The fraction of sp³-hybridized carbons (Fsp3) is 0.154. The van der Waals surface area contributed by atoms with Crippen molar-refractivity contribution in [2.24, 2.45) is 0 Å². The molecular weight excluding hydrogens is 286 g/mol. The number of amides is 1. The van der Waals surface area contributed by atoms with Crippen LogP contribution in [0.15, 0.2) is 48.5 Å². The molecule has 6 heteroatoms. The Balaban J connectivity index is 3.17. The first kappa shape index (κ1) is 15.5. The number of sulfone groups is 1. The molecule has 0 fully saturated rings. The van der Waals surface area contributed by atoms with Crippen molar-refractivity contribution >= 4 is 33.0 Å². The Hall–Kier alpha value is -1.59. The maximum Gasteiger partial charge on any atom is 0.254 e. The number of carbonyl (C=O) groups excluding carboxylic acids is 1. The number of anilines is 1. The van der Waals surface area contributed by atoms with Crippen molar-refractivity contribution in [3.63, 3.8) is 0 Å². The van der Waals surface area contributed by atoms with Gasteiger partial charge in [-0.2, -0.15) is 0 Å². The van der Waals surface area contributed by atoms with Gasteiger partial charge in [-0.05, 0) is 24.3 Å². The summed E-state index contributed by atoms with van der Waals surface area (Å²) in [4.78, 5) is 12.9. The lowest BCUT2D eigenvalue weighted by molar-refractivity contribution is -0.113. The molecule has 0 aliphatic rings. The van der Waals surface area contributed by atoms with Gasteiger partial charge in [-0.1, -0.05) is 31.2 Å². The first-order chi connectivity index (χ1) is 8.89. The van der Waals surface area contributed by atoms with E-state index in [2.05, 4.69) is 6.58 Å². The van der Waals surface area contributed by atoms with Gasteiger partial charge in [0.2, 0.25) is 0 Å². The molecule has 0 aliphatic carbocycles. The molecule has 0 saturated heterocycles. The molecule has 0 radical (unpaired) electrons.